The summed E-state index contributed by atoms with van der Waals surface area (Å²) in [5.74, 6) is -1.18. The third kappa shape index (κ3) is 6.06. The van der Waals surface area contributed by atoms with Crippen molar-refractivity contribution in [2.75, 3.05) is 11.9 Å². The Balaban J connectivity index is 1.31. The molecule has 0 aliphatic heterocycles. The third-order valence-electron chi connectivity index (χ3n) is 6.05. The summed E-state index contributed by atoms with van der Waals surface area (Å²) in [6.45, 7) is 1.89. The van der Waals surface area contributed by atoms with E-state index in [1.165, 1.54) is 11.1 Å². The number of aryl methyl sites for hydroxylation is 1. The number of hydrogen-bond donors (Lipinski definition) is 3. The van der Waals surface area contributed by atoms with Gasteiger partial charge in [-0.1, -0.05) is 60.7 Å². The third-order valence-corrected chi connectivity index (χ3v) is 6.05. The van der Waals surface area contributed by atoms with Gasteiger partial charge in [-0.05, 0) is 53.3 Å². The summed E-state index contributed by atoms with van der Waals surface area (Å²) in [5, 5.41) is 14.2. The van der Waals surface area contributed by atoms with Gasteiger partial charge in [0.2, 0.25) is 5.91 Å². The smallest absolute Gasteiger partial charge is 0.411 e. The van der Waals surface area contributed by atoms with E-state index in [1.54, 1.807) is 25.1 Å². The Hall–Kier alpha value is -4.13. The van der Waals surface area contributed by atoms with Gasteiger partial charge in [0.05, 0.1) is 6.42 Å². The van der Waals surface area contributed by atoms with E-state index in [4.69, 9.17) is 9.84 Å². The minimum absolute atomic E-state index is 0.0125. The van der Waals surface area contributed by atoms with E-state index in [-0.39, 0.29) is 31.3 Å². The molecule has 3 N–H and O–H groups in total. The fourth-order valence-electron chi connectivity index (χ4n) is 4.47. The number of carbonyl (C=O) groups is 3. The van der Waals surface area contributed by atoms with E-state index in [0.717, 1.165) is 16.7 Å². The standard InChI is InChI=1S/C28H28N2O5/c1-18(15-27(32)33)29-26(31)14-13-19-7-6-8-20(16-19)30-28(34)35-17-25-23-11-4-2-9-21(23)22-10-3-5-12-24(22)25/h2-12,16,18,25H,13-15,17H2,1H3,(H,29,31)(H,30,34)(H,32,33)/t18-/m1/s1. The van der Waals surface area contributed by atoms with E-state index in [9.17, 15) is 14.4 Å². The minimum Gasteiger partial charge on any atom is -0.481 e. The molecular weight excluding hydrogens is 444 g/mol. The number of aliphatic carboxylic acids is 1. The Labute approximate surface area is 204 Å². The van der Waals surface area contributed by atoms with Crippen LogP contribution in [0.4, 0.5) is 10.5 Å². The molecule has 0 aromatic heterocycles. The lowest BCUT2D eigenvalue weighted by atomic mass is 9.98. The normalized spacial score (nSPS) is 12.8. The zero-order valence-corrected chi connectivity index (χ0v) is 19.5. The molecule has 3 aromatic rings. The van der Waals surface area contributed by atoms with Crippen LogP contribution in [0.2, 0.25) is 0 Å². The molecule has 0 saturated carbocycles. The van der Waals surface area contributed by atoms with Crippen LogP contribution < -0.4 is 10.6 Å². The quantitative estimate of drug-likeness (QED) is 0.408. The predicted octanol–water partition coefficient (Wildman–Crippen LogP) is 4.96. The van der Waals surface area contributed by atoms with Crippen molar-refractivity contribution in [2.45, 2.75) is 38.1 Å². The second-order valence-electron chi connectivity index (χ2n) is 8.72. The van der Waals surface area contributed by atoms with E-state index in [0.29, 0.717) is 12.1 Å². The van der Waals surface area contributed by atoms with E-state index >= 15 is 0 Å². The van der Waals surface area contributed by atoms with Crippen molar-refractivity contribution in [2.24, 2.45) is 0 Å². The van der Waals surface area contributed by atoms with E-state index in [1.807, 2.05) is 30.3 Å². The molecule has 7 heteroatoms. The van der Waals surface area contributed by atoms with Gasteiger partial charge in [0.1, 0.15) is 6.61 Å². The van der Waals surface area contributed by atoms with Crippen LogP contribution in [0, 0.1) is 0 Å². The Kier molecular flexibility index (Phi) is 7.45. The molecular formula is C28H28N2O5. The van der Waals surface area contributed by atoms with Crippen LogP contribution in [-0.4, -0.2) is 35.7 Å². The van der Waals surface area contributed by atoms with Gasteiger partial charge in [-0.15, -0.1) is 0 Å². The van der Waals surface area contributed by atoms with Gasteiger partial charge >= 0.3 is 12.1 Å². The van der Waals surface area contributed by atoms with Gasteiger partial charge in [-0.25, -0.2) is 4.79 Å². The topological polar surface area (TPSA) is 105 Å². The number of hydrogen-bond acceptors (Lipinski definition) is 4. The van der Waals surface area contributed by atoms with Gasteiger partial charge in [-0.3, -0.25) is 14.9 Å². The first-order valence-corrected chi connectivity index (χ1v) is 11.6. The second kappa shape index (κ2) is 10.9. The van der Waals surface area contributed by atoms with Crippen molar-refractivity contribution in [1.82, 2.24) is 5.32 Å². The summed E-state index contributed by atoms with van der Waals surface area (Å²) in [7, 11) is 0. The van der Waals surface area contributed by atoms with Crippen LogP contribution in [0.1, 0.15) is 42.4 Å². The Morgan fingerprint density at radius 1 is 0.943 bits per heavy atom. The molecule has 35 heavy (non-hydrogen) atoms. The molecule has 3 aromatic carbocycles. The highest BCUT2D eigenvalue weighted by Gasteiger charge is 2.29. The Morgan fingerprint density at radius 3 is 2.26 bits per heavy atom. The van der Waals surface area contributed by atoms with Gasteiger partial charge in [0, 0.05) is 24.1 Å². The molecule has 0 fully saturated rings. The van der Waals surface area contributed by atoms with Crippen molar-refractivity contribution in [1.29, 1.82) is 0 Å². The lowest BCUT2D eigenvalue weighted by Crippen LogP contribution is -2.34. The van der Waals surface area contributed by atoms with Crippen molar-refractivity contribution in [3.63, 3.8) is 0 Å². The number of carboxylic acids is 1. The molecule has 0 unspecified atom stereocenters. The molecule has 1 aliphatic carbocycles. The number of carboxylic acid groups (broad SMARTS) is 1. The van der Waals surface area contributed by atoms with Crippen LogP contribution in [-0.2, 0) is 20.7 Å². The lowest BCUT2D eigenvalue weighted by Gasteiger charge is -2.15. The lowest BCUT2D eigenvalue weighted by molar-refractivity contribution is -0.137. The van der Waals surface area contributed by atoms with Gasteiger partial charge < -0.3 is 15.2 Å². The second-order valence-corrected chi connectivity index (χ2v) is 8.72. The van der Waals surface area contributed by atoms with Crippen molar-refractivity contribution < 1.29 is 24.2 Å². The first-order chi connectivity index (χ1) is 16.9. The number of nitrogens with one attached hydrogen (secondary N) is 2. The van der Waals surface area contributed by atoms with Gasteiger partial charge in [0.15, 0.2) is 0 Å². The average molecular weight is 473 g/mol. The van der Waals surface area contributed by atoms with Gasteiger partial charge in [-0.2, -0.15) is 0 Å². The Bertz CT molecular complexity index is 1190. The molecule has 0 spiro atoms. The van der Waals surface area contributed by atoms with Crippen molar-refractivity contribution >= 4 is 23.7 Å². The van der Waals surface area contributed by atoms with Crippen LogP contribution in [0.25, 0.3) is 11.1 Å². The molecule has 180 valence electrons. The highest BCUT2D eigenvalue weighted by molar-refractivity contribution is 5.85. The number of ether oxygens (including phenoxy) is 1. The molecule has 0 heterocycles. The summed E-state index contributed by atoms with van der Waals surface area (Å²) < 4.78 is 5.59. The maximum Gasteiger partial charge on any atom is 0.411 e. The first kappa shape index (κ1) is 24.0. The summed E-state index contributed by atoms with van der Waals surface area (Å²) in [4.78, 5) is 35.3. The van der Waals surface area contributed by atoms with Gasteiger partial charge in [0.25, 0.3) is 0 Å². The predicted molar refractivity (Wildman–Crippen MR) is 133 cm³/mol. The molecule has 1 aliphatic rings. The maximum atomic E-state index is 12.5. The van der Waals surface area contributed by atoms with E-state index < -0.39 is 18.1 Å². The summed E-state index contributed by atoms with van der Waals surface area (Å²) >= 11 is 0. The zero-order chi connectivity index (χ0) is 24.8. The summed E-state index contributed by atoms with van der Waals surface area (Å²) in [6.07, 6.45) is 0.0272. The number of anilines is 1. The minimum atomic E-state index is -0.954. The number of rotatable bonds is 9. The number of amides is 2. The highest BCUT2D eigenvalue weighted by Crippen LogP contribution is 2.44. The fraction of sp³-hybridized carbons (Fsp3) is 0.250. The number of fused-ring (bicyclic) bond motifs is 3. The first-order valence-electron chi connectivity index (χ1n) is 11.6. The molecule has 1 atom stereocenters. The molecule has 2 amide bonds. The molecule has 0 bridgehead atoms. The molecule has 7 nitrogen and oxygen atoms in total. The summed E-state index contributed by atoms with van der Waals surface area (Å²) in [5.41, 5.74) is 6.11. The number of carbonyl (C=O) groups excluding carboxylic acids is 2. The molecule has 0 radical (unpaired) electrons. The maximum absolute atomic E-state index is 12.5. The Morgan fingerprint density at radius 2 is 1.60 bits per heavy atom. The monoisotopic (exact) mass is 472 g/mol. The van der Waals surface area contributed by atoms with Crippen LogP contribution in [0.15, 0.2) is 72.8 Å². The molecule has 0 saturated heterocycles. The largest absolute Gasteiger partial charge is 0.481 e. The SMILES string of the molecule is C[C@H](CC(=O)O)NC(=O)CCc1cccc(NC(=O)OCC2c3ccccc3-c3ccccc32)c1. The van der Waals surface area contributed by atoms with E-state index in [2.05, 4.69) is 34.9 Å². The van der Waals surface area contributed by atoms with Crippen molar-refractivity contribution in [3.8, 4) is 11.1 Å². The zero-order valence-electron chi connectivity index (χ0n) is 19.5. The number of benzene rings is 3. The average Bonchev–Trinajstić information content (AvgIpc) is 3.15. The van der Waals surface area contributed by atoms with Crippen molar-refractivity contribution in [3.05, 3.63) is 89.5 Å². The molecule has 4 rings (SSSR count). The van der Waals surface area contributed by atoms with Crippen LogP contribution in [0.3, 0.4) is 0 Å². The van der Waals surface area contributed by atoms with Crippen LogP contribution in [0.5, 0.6) is 0 Å². The fourth-order valence-corrected chi connectivity index (χ4v) is 4.47. The highest BCUT2D eigenvalue weighted by atomic mass is 16.5. The van der Waals surface area contributed by atoms with Crippen LogP contribution >= 0.6 is 0 Å². The summed E-state index contributed by atoms with van der Waals surface area (Å²) in [6, 6.07) is 23.2.